The van der Waals surface area contributed by atoms with Crippen LogP contribution in [0, 0.1) is 13.8 Å². The molecule has 1 saturated heterocycles. The summed E-state index contributed by atoms with van der Waals surface area (Å²) >= 11 is 0. The van der Waals surface area contributed by atoms with Gasteiger partial charge in [0.1, 0.15) is 6.54 Å². The van der Waals surface area contributed by atoms with Gasteiger partial charge in [-0.3, -0.25) is 14.6 Å². The molecule has 3 aromatic rings. The van der Waals surface area contributed by atoms with Gasteiger partial charge < -0.3 is 10.0 Å². The number of nitrogens with zero attached hydrogens (tertiary/aromatic N) is 4. The number of hydrogen-bond donors (Lipinski definition) is 2. The Labute approximate surface area is 157 Å². The number of carbonyl (C=O) groups is 1. The number of aryl methyl sites for hydroxylation is 1. The van der Waals surface area contributed by atoms with Crippen LogP contribution in [0.2, 0.25) is 0 Å². The first kappa shape index (κ1) is 18.5. The molecule has 0 atom stereocenters. The number of aliphatic hydroxyl groups excluding tert-OH is 1. The topological polar surface area (TPSA) is 87.0 Å². The fourth-order valence-electron chi connectivity index (χ4n) is 3.55. The molecule has 1 aliphatic rings. The molecule has 28 heavy (non-hydrogen) atoms. The van der Waals surface area contributed by atoms with Crippen LogP contribution in [0.3, 0.4) is 0 Å². The molecule has 7 nitrogen and oxygen atoms in total. The minimum atomic E-state index is -4.50. The number of amides is 1. The minimum absolute atomic E-state index is 0.0348. The molecule has 0 saturated carbocycles. The first-order valence-corrected chi connectivity index (χ1v) is 8.69. The van der Waals surface area contributed by atoms with E-state index in [1.54, 1.807) is 13.8 Å². The van der Waals surface area contributed by atoms with Gasteiger partial charge in [0.15, 0.2) is 0 Å². The van der Waals surface area contributed by atoms with Crippen molar-refractivity contribution in [1.29, 1.82) is 0 Å². The van der Waals surface area contributed by atoms with Gasteiger partial charge in [0.05, 0.1) is 29.1 Å². The molecule has 0 spiro atoms. The molecule has 1 amide bonds. The van der Waals surface area contributed by atoms with E-state index in [9.17, 15) is 23.1 Å². The summed E-state index contributed by atoms with van der Waals surface area (Å²) in [6.45, 7) is 3.96. The second-order valence-corrected chi connectivity index (χ2v) is 7.01. The lowest BCUT2D eigenvalue weighted by molar-refractivity contribution is -0.142. The highest BCUT2D eigenvalue weighted by Crippen LogP contribution is 2.38. The summed E-state index contributed by atoms with van der Waals surface area (Å²) in [6, 6.07) is 2.12. The highest BCUT2D eigenvalue weighted by atomic mass is 19.4. The molecular weight excluding hydrogens is 375 g/mol. The van der Waals surface area contributed by atoms with E-state index in [4.69, 9.17) is 0 Å². The van der Waals surface area contributed by atoms with Crippen molar-refractivity contribution < 1.29 is 23.1 Å². The molecule has 1 aliphatic heterocycles. The molecule has 3 heterocycles. The molecule has 1 aromatic carbocycles. The molecule has 0 unspecified atom stereocenters. The molecular formula is C18H18F3N5O2. The molecule has 0 bridgehead atoms. The van der Waals surface area contributed by atoms with Gasteiger partial charge in [-0.05, 0) is 31.5 Å². The summed E-state index contributed by atoms with van der Waals surface area (Å²) in [5.41, 5.74) is 1.53. The van der Waals surface area contributed by atoms with Crippen molar-refractivity contribution in [2.24, 2.45) is 0 Å². The number of fused-ring (bicyclic) bond motifs is 1. The first-order chi connectivity index (χ1) is 13.1. The molecule has 2 N–H and O–H groups in total. The average Bonchev–Trinajstić information content (AvgIpc) is 3.15. The third-order valence-electron chi connectivity index (χ3n) is 5.04. The summed E-state index contributed by atoms with van der Waals surface area (Å²) in [4.78, 5) is 13.8. The SMILES string of the molecule is Cc1nn(CC(=O)N2CC(O)C2)c(C)c1-c1cc(C(F)(F)F)cc2[nH]ncc12. The summed E-state index contributed by atoms with van der Waals surface area (Å²) in [5, 5.41) is 20.7. The molecule has 148 valence electrons. The quantitative estimate of drug-likeness (QED) is 0.715. The first-order valence-electron chi connectivity index (χ1n) is 8.69. The summed E-state index contributed by atoms with van der Waals surface area (Å²) in [5.74, 6) is -0.194. The number of benzene rings is 1. The highest BCUT2D eigenvalue weighted by molar-refractivity contribution is 5.96. The van der Waals surface area contributed by atoms with E-state index in [0.717, 1.165) is 12.1 Å². The van der Waals surface area contributed by atoms with Crippen LogP contribution >= 0.6 is 0 Å². The number of aromatic amines is 1. The van der Waals surface area contributed by atoms with E-state index in [-0.39, 0.29) is 31.1 Å². The van der Waals surface area contributed by atoms with Gasteiger partial charge in [-0.1, -0.05) is 0 Å². The largest absolute Gasteiger partial charge is 0.416 e. The van der Waals surface area contributed by atoms with Gasteiger partial charge in [-0.25, -0.2) is 0 Å². The monoisotopic (exact) mass is 393 g/mol. The summed E-state index contributed by atoms with van der Waals surface area (Å²) < 4.78 is 41.5. The van der Waals surface area contributed by atoms with Crippen molar-refractivity contribution in [3.05, 3.63) is 35.3 Å². The number of likely N-dealkylation sites (tertiary alicyclic amines) is 1. The van der Waals surface area contributed by atoms with E-state index in [1.807, 2.05) is 0 Å². The summed E-state index contributed by atoms with van der Waals surface area (Å²) in [6.07, 6.45) is -3.52. The van der Waals surface area contributed by atoms with Crippen molar-refractivity contribution >= 4 is 16.8 Å². The van der Waals surface area contributed by atoms with Gasteiger partial charge in [0.25, 0.3) is 0 Å². The number of H-pyrrole nitrogens is 1. The smallest absolute Gasteiger partial charge is 0.389 e. The number of hydrogen-bond acceptors (Lipinski definition) is 4. The Morgan fingerprint density at radius 2 is 2.04 bits per heavy atom. The van der Waals surface area contributed by atoms with E-state index >= 15 is 0 Å². The van der Waals surface area contributed by atoms with Crippen LogP contribution in [0.25, 0.3) is 22.0 Å². The van der Waals surface area contributed by atoms with Gasteiger partial charge in [0.2, 0.25) is 5.91 Å². The number of halogens is 3. The second kappa shape index (κ2) is 6.33. The number of β-amino-alcohol motifs (C(OH)–C–C–N with tert-alkyl or cyclic N) is 1. The number of carbonyl (C=O) groups excluding carboxylic acids is 1. The lowest BCUT2D eigenvalue weighted by Crippen LogP contribution is -2.54. The van der Waals surface area contributed by atoms with Gasteiger partial charge in [-0.2, -0.15) is 23.4 Å². The van der Waals surface area contributed by atoms with Crippen molar-refractivity contribution in [1.82, 2.24) is 24.9 Å². The molecule has 0 radical (unpaired) electrons. The Hall–Kier alpha value is -2.88. The zero-order valence-electron chi connectivity index (χ0n) is 15.2. The van der Waals surface area contributed by atoms with Crippen molar-refractivity contribution in [3.63, 3.8) is 0 Å². The molecule has 10 heteroatoms. The molecule has 1 fully saturated rings. The Bertz CT molecular complexity index is 1060. The molecule has 4 rings (SSSR count). The Kier molecular flexibility index (Phi) is 4.18. The average molecular weight is 393 g/mol. The van der Waals surface area contributed by atoms with Gasteiger partial charge >= 0.3 is 6.18 Å². The third-order valence-corrected chi connectivity index (χ3v) is 5.04. The standard InChI is InChI=1S/C18H18F3N5O2/c1-9-17(10(2)26(24-9)8-16(28)25-6-12(27)7-25)13-3-11(18(19,20)21)4-15-14(13)5-22-23-15/h3-5,12,27H,6-8H2,1-2H3,(H,22,23). The number of alkyl halides is 3. The maximum absolute atomic E-state index is 13.3. The lowest BCUT2D eigenvalue weighted by Gasteiger charge is -2.35. The van der Waals surface area contributed by atoms with Crippen molar-refractivity contribution in [2.75, 3.05) is 13.1 Å². The minimum Gasteiger partial charge on any atom is -0.389 e. The van der Waals surface area contributed by atoms with Crippen LogP contribution in [0.15, 0.2) is 18.3 Å². The number of aliphatic hydroxyl groups is 1. The van der Waals surface area contributed by atoms with E-state index in [1.165, 1.54) is 15.8 Å². The normalized spacial score (nSPS) is 15.3. The third kappa shape index (κ3) is 3.03. The van der Waals surface area contributed by atoms with E-state index in [2.05, 4.69) is 15.3 Å². The van der Waals surface area contributed by atoms with Crippen LogP contribution in [-0.4, -0.2) is 55.1 Å². The van der Waals surface area contributed by atoms with Crippen molar-refractivity contribution in [2.45, 2.75) is 32.7 Å². The van der Waals surface area contributed by atoms with Crippen LogP contribution in [0.5, 0.6) is 0 Å². The number of rotatable bonds is 3. The number of nitrogens with one attached hydrogen (secondary N) is 1. The fraction of sp³-hybridized carbons (Fsp3) is 0.389. The Morgan fingerprint density at radius 3 is 2.68 bits per heavy atom. The van der Waals surface area contributed by atoms with Crippen molar-refractivity contribution in [3.8, 4) is 11.1 Å². The lowest BCUT2D eigenvalue weighted by atomic mass is 9.97. The predicted octanol–water partition coefficient (Wildman–Crippen LogP) is 2.27. The Morgan fingerprint density at radius 1 is 1.32 bits per heavy atom. The van der Waals surface area contributed by atoms with Gasteiger partial charge in [-0.15, -0.1) is 0 Å². The molecule has 2 aromatic heterocycles. The van der Waals surface area contributed by atoms with Crippen LogP contribution in [0.1, 0.15) is 17.0 Å². The fourth-order valence-corrected chi connectivity index (χ4v) is 3.55. The zero-order chi connectivity index (χ0) is 20.2. The van der Waals surface area contributed by atoms with Crippen LogP contribution < -0.4 is 0 Å². The second-order valence-electron chi connectivity index (χ2n) is 7.01. The van der Waals surface area contributed by atoms with Gasteiger partial charge in [0, 0.05) is 29.7 Å². The molecule has 0 aliphatic carbocycles. The summed E-state index contributed by atoms with van der Waals surface area (Å²) in [7, 11) is 0. The van der Waals surface area contributed by atoms with Crippen LogP contribution in [-0.2, 0) is 17.5 Å². The Balaban J connectivity index is 1.77. The maximum atomic E-state index is 13.3. The van der Waals surface area contributed by atoms with E-state index < -0.39 is 17.8 Å². The predicted molar refractivity (Wildman–Crippen MR) is 94.4 cm³/mol. The number of aromatic nitrogens is 4. The zero-order valence-corrected chi connectivity index (χ0v) is 15.2. The van der Waals surface area contributed by atoms with Crippen LogP contribution in [0.4, 0.5) is 13.2 Å². The van der Waals surface area contributed by atoms with E-state index in [0.29, 0.717) is 27.9 Å². The highest BCUT2D eigenvalue weighted by Gasteiger charge is 2.33. The maximum Gasteiger partial charge on any atom is 0.416 e.